The average molecular weight is 325 g/mol. The van der Waals surface area contributed by atoms with Crippen molar-refractivity contribution in [2.75, 3.05) is 19.4 Å². The molecule has 1 aromatic carbocycles. The fourth-order valence-corrected chi connectivity index (χ4v) is 3.15. The van der Waals surface area contributed by atoms with Gasteiger partial charge in [-0.2, -0.15) is 0 Å². The number of halogens is 1. The number of rotatable bonds is 5. The van der Waals surface area contributed by atoms with Gasteiger partial charge in [-0.3, -0.25) is 0 Å². The van der Waals surface area contributed by atoms with Crippen LogP contribution < -0.4 is 5.32 Å². The smallest absolute Gasteiger partial charge is 0.0702 e. The van der Waals surface area contributed by atoms with Gasteiger partial charge in [0.05, 0.1) is 3.79 Å². The number of hydrogen-bond acceptors (Lipinski definition) is 3. The van der Waals surface area contributed by atoms with Gasteiger partial charge in [0.15, 0.2) is 0 Å². The van der Waals surface area contributed by atoms with Crippen molar-refractivity contribution in [3.05, 3.63) is 50.6 Å². The Morgan fingerprint density at radius 1 is 1.11 bits per heavy atom. The number of nitrogens with one attached hydrogen (secondary N) is 1. The van der Waals surface area contributed by atoms with Crippen molar-refractivity contribution >= 4 is 33.0 Å². The Morgan fingerprint density at radius 3 is 2.39 bits per heavy atom. The number of hydrogen-bond donors (Lipinski definition) is 1. The van der Waals surface area contributed by atoms with E-state index in [0.29, 0.717) is 0 Å². The highest BCUT2D eigenvalue weighted by molar-refractivity contribution is 9.11. The Kier molecular flexibility index (Phi) is 4.80. The predicted molar refractivity (Wildman–Crippen MR) is 83.2 cm³/mol. The van der Waals surface area contributed by atoms with Gasteiger partial charge >= 0.3 is 0 Å². The van der Waals surface area contributed by atoms with Gasteiger partial charge in [-0.15, -0.1) is 11.3 Å². The van der Waals surface area contributed by atoms with Crippen molar-refractivity contribution in [1.82, 2.24) is 4.90 Å². The Morgan fingerprint density at radius 2 is 1.83 bits per heavy atom. The molecule has 0 amide bonds. The molecule has 0 saturated heterocycles. The summed E-state index contributed by atoms with van der Waals surface area (Å²) < 4.78 is 1.18. The minimum Gasteiger partial charge on any atom is -0.380 e. The number of thiophene rings is 1. The van der Waals surface area contributed by atoms with E-state index in [0.717, 1.165) is 13.1 Å². The summed E-state index contributed by atoms with van der Waals surface area (Å²) in [5.41, 5.74) is 2.51. The molecular weight excluding hydrogens is 308 g/mol. The maximum atomic E-state index is 3.48. The van der Waals surface area contributed by atoms with Crippen LogP contribution in [0.3, 0.4) is 0 Å². The van der Waals surface area contributed by atoms with Crippen LogP contribution in [0.15, 0.2) is 40.2 Å². The van der Waals surface area contributed by atoms with Gasteiger partial charge in [-0.05, 0) is 59.9 Å². The van der Waals surface area contributed by atoms with Gasteiger partial charge in [0, 0.05) is 23.7 Å². The standard InChI is InChI=1S/C14H17BrN2S/c1-17(2)10-11-3-5-12(6-4-11)16-9-13-7-8-14(15)18-13/h3-8,16H,9-10H2,1-2H3. The van der Waals surface area contributed by atoms with E-state index >= 15 is 0 Å². The molecule has 0 aliphatic heterocycles. The summed E-state index contributed by atoms with van der Waals surface area (Å²) in [6.07, 6.45) is 0. The van der Waals surface area contributed by atoms with Crippen LogP contribution in [0.5, 0.6) is 0 Å². The molecule has 2 nitrogen and oxygen atoms in total. The van der Waals surface area contributed by atoms with E-state index < -0.39 is 0 Å². The lowest BCUT2D eigenvalue weighted by Gasteiger charge is -2.10. The highest BCUT2D eigenvalue weighted by Crippen LogP contribution is 2.23. The molecular formula is C14H17BrN2S. The van der Waals surface area contributed by atoms with Crippen molar-refractivity contribution < 1.29 is 0 Å². The van der Waals surface area contributed by atoms with E-state index in [9.17, 15) is 0 Å². The lowest BCUT2D eigenvalue weighted by Crippen LogP contribution is -2.10. The predicted octanol–water partition coefficient (Wildman–Crippen LogP) is 4.18. The van der Waals surface area contributed by atoms with E-state index in [2.05, 4.69) is 76.6 Å². The van der Waals surface area contributed by atoms with Gasteiger partial charge in [0.1, 0.15) is 0 Å². The molecule has 4 heteroatoms. The maximum absolute atomic E-state index is 3.48. The molecule has 96 valence electrons. The summed E-state index contributed by atoms with van der Waals surface area (Å²) in [7, 11) is 4.17. The van der Waals surface area contributed by atoms with Crippen LogP contribution in [-0.2, 0) is 13.1 Å². The molecule has 2 aromatic rings. The fraction of sp³-hybridized carbons (Fsp3) is 0.286. The Labute approximate surface area is 121 Å². The van der Waals surface area contributed by atoms with Gasteiger partial charge in [0.2, 0.25) is 0 Å². The first-order chi connectivity index (χ1) is 8.63. The molecule has 0 saturated carbocycles. The van der Waals surface area contributed by atoms with Crippen LogP contribution in [0.1, 0.15) is 10.4 Å². The first kappa shape index (κ1) is 13.6. The molecule has 1 heterocycles. The molecule has 0 aliphatic carbocycles. The lowest BCUT2D eigenvalue weighted by atomic mass is 10.2. The largest absolute Gasteiger partial charge is 0.380 e. The van der Waals surface area contributed by atoms with Crippen molar-refractivity contribution in [2.45, 2.75) is 13.1 Å². The summed E-state index contributed by atoms with van der Waals surface area (Å²) in [5.74, 6) is 0. The first-order valence-electron chi connectivity index (χ1n) is 5.85. The maximum Gasteiger partial charge on any atom is 0.0702 e. The topological polar surface area (TPSA) is 15.3 Å². The molecule has 0 atom stereocenters. The average Bonchev–Trinajstić information content (AvgIpc) is 2.74. The lowest BCUT2D eigenvalue weighted by molar-refractivity contribution is 0.402. The molecule has 1 aromatic heterocycles. The van der Waals surface area contributed by atoms with Gasteiger partial charge in [-0.25, -0.2) is 0 Å². The SMILES string of the molecule is CN(C)Cc1ccc(NCc2ccc(Br)s2)cc1. The minimum absolute atomic E-state index is 0.878. The zero-order valence-corrected chi connectivity index (χ0v) is 13.0. The number of anilines is 1. The molecule has 0 unspecified atom stereocenters. The molecule has 1 N–H and O–H groups in total. The second-order valence-corrected chi connectivity index (χ2v) is 7.04. The normalized spacial score (nSPS) is 10.9. The fourth-order valence-electron chi connectivity index (χ4n) is 1.73. The Balaban J connectivity index is 1.90. The Bertz CT molecular complexity index is 491. The van der Waals surface area contributed by atoms with Crippen LogP contribution in [0.4, 0.5) is 5.69 Å². The highest BCUT2D eigenvalue weighted by Gasteiger charge is 1.99. The molecule has 0 radical (unpaired) electrons. The Hall–Kier alpha value is -0.840. The van der Waals surface area contributed by atoms with Gasteiger partial charge < -0.3 is 10.2 Å². The number of nitrogens with zero attached hydrogens (tertiary/aromatic N) is 1. The molecule has 0 fully saturated rings. The summed E-state index contributed by atoms with van der Waals surface area (Å²) in [5, 5.41) is 3.43. The van der Waals surface area contributed by atoms with Gasteiger partial charge in [0.25, 0.3) is 0 Å². The van der Waals surface area contributed by atoms with E-state index in [-0.39, 0.29) is 0 Å². The van der Waals surface area contributed by atoms with Crippen LogP contribution in [-0.4, -0.2) is 19.0 Å². The third-order valence-corrected chi connectivity index (χ3v) is 4.17. The van der Waals surface area contributed by atoms with Crippen molar-refractivity contribution in [1.29, 1.82) is 0 Å². The van der Waals surface area contributed by atoms with Crippen molar-refractivity contribution in [2.24, 2.45) is 0 Å². The molecule has 0 aliphatic rings. The molecule has 0 bridgehead atoms. The van der Waals surface area contributed by atoms with E-state index in [1.807, 2.05) is 0 Å². The second-order valence-electron chi connectivity index (χ2n) is 4.49. The first-order valence-corrected chi connectivity index (χ1v) is 7.46. The van der Waals surface area contributed by atoms with Crippen LogP contribution in [0, 0.1) is 0 Å². The van der Waals surface area contributed by atoms with E-state index in [4.69, 9.17) is 0 Å². The zero-order chi connectivity index (χ0) is 13.0. The van der Waals surface area contributed by atoms with Crippen LogP contribution >= 0.6 is 27.3 Å². The third-order valence-electron chi connectivity index (χ3n) is 2.55. The third kappa shape index (κ3) is 4.12. The number of benzene rings is 1. The van der Waals surface area contributed by atoms with E-state index in [1.54, 1.807) is 11.3 Å². The summed E-state index contributed by atoms with van der Waals surface area (Å²) >= 11 is 5.24. The highest BCUT2D eigenvalue weighted by atomic mass is 79.9. The van der Waals surface area contributed by atoms with Crippen molar-refractivity contribution in [3.63, 3.8) is 0 Å². The summed E-state index contributed by atoms with van der Waals surface area (Å²) in [6, 6.07) is 12.9. The quantitative estimate of drug-likeness (QED) is 0.887. The molecule has 0 spiro atoms. The van der Waals surface area contributed by atoms with Crippen LogP contribution in [0.2, 0.25) is 0 Å². The summed E-state index contributed by atoms with van der Waals surface area (Å²) in [4.78, 5) is 3.50. The van der Waals surface area contributed by atoms with E-state index in [1.165, 1.54) is 19.9 Å². The summed E-state index contributed by atoms with van der Waals surface area (Å²) in [6.45, 7) is 1.86. The van der Waals surface area contributed by atoms with Crippen molar-refractivity contribution in [3.8, 4) is 0 Å². The molecule has 18 heavy (non-hydrogen) atoms. The minimum atomic E-state index is 0.878. The zero-order valence-electron chi connectivity index (χ0n) is 10.6. The molecule has 2 rings (SSSR count). The monoisotopic (exact) mass is 324 g/mol. The van der Waals surface area contributed by atoms with Crippen LogP contribution in [0.25, 0.3) is 0 Å². The second kappa shape index (κ2) is 6.36. The van der Waals surface area contributed by atoms with Gasteiger partial charge in [-0.1, -0.05) is 12.1 Å².